The average molecular weight is 555 g/mol. The summed E-state index contributed by atoms with van der Waals surface area (Å²) < 4.78 is 0. The molecule has 0 bridgehead atoms. The number of rotatable bonds is 12. The van der Waals surface area contributed by atoms with Gasteiger partial charge in [-0.05, 0) is 56.0 Å². The van der Waals surface area contributed by atoms with E-state index in [0.717, 1.165) is 39.0 Å². The molecular formula is C32H50N4O2S. The predicted octanol–water partition coefficient (Wildman–Crippen LogP) is 8.86. The molecule has 3 rings (SSSR count). The molecular weight excluding hydrogens is 504 g/mol. The fourth-order valence-electron chi connectivity index (χ4n) is 3.63. The number of aliphatic imine (C=N–C) groups is 2. The number of allylic oxidation sites excluding steroid dienone is 1. The maximum atomic E-state index is 9.76. The SMILES string of the molecule is C=CO.C=N/C=C\C(=N/CNC1CC1)c1sc(C)nc1-c1cccc(O)c1.CCCCCCC(C)C(C)(C)C. The Morgan fingerprint density at radius 3 is 2.51 bits per heavy atom. The van der Waals surface area contributed by atoms with Crippen LogP contribution in [0.15, 0.2) is 59.4 Å². The molecule has 216 valence electrons. The van der Waals surface area contributed by atoms with E-state index in [1.807, 2.05) is 25.1 Å². The fourth-order valence-corrected chi connectivity index (χ4v) is 4.56. The van der Waals surface area contributed by atoms with E-state index in [9.17, 15) is 5.11 Å². The summed E-state index contributed by atoms with van der Waals surface area (Å²) in [6.45, 7) is 20.6. The van der Waals surface area contributed by atoms with Crippen molar-refractivity contribution in [1.29, 1.82) is 0 Å². The molecule has 0 spiro atoms. The van der Waals surface area contributed by atoms with Crippen molar-refractivity contribution in [2.45, 2.75) is 92.5 Å². The van der Waals surface area contributed by atoms with Crippen LogP contribution in [0.4, 0.5) is 0 Å². The number of aliphatic hydroxyl groups is 1. The molecule has 1 fully saturated rings. The summed E-state index contributed by atoms with van der Waals surface area (Å²) in [4.78, 5) is 14.1. The van der Waals surface area contributed by atoms with Gasteiger partial charge in [0.2, 0.25) is 0 Å². The molecule has 7 heteroatoms. The lowest BCUT2D eigenvalue weighted by Crippen LogP contribution is -2.17. The Kier molecular flexibility index (Phi) is 16.3. The van der Waals surface area contributed by atoms with Gasteiger partial charge in [0, 0.05) is 17.8 Å². The third-order valence-corrected chi connectivity index (χ3v) is 7.59. The van der Waals surface area contributed by atoms with Crippen molar-refractivity contribution in [3.05, 3.63) is 59.3 Å². The second kappa shape index (κ2) is 18.5. The van der Waals surface area contributed by atoms with Crippen LogP contribution >= 0.6 is 11.3 Å². The van der Waals surface area contributed by atoms with Gasteiger partial charge >= 0.3 is 0 Å². The minimum Gasteiger partial charge on any atom is -0.516 e. The van der Waals surface area contributed by atoms with Gasteiger partial charge in [-0.1, -0.05) is 85.4 Å². The number of hydrogen-bond donors (Lipinski definition) is 3. The summed E-state index contributed by atoms with van der Waals surface area (Å²) in [5, 5.41) is 21.4. The molecule has 1 aliphatic rings. The largest absolute Gasteiger partial charge is 0.516 e. The summed E-state index contributed by atoms with van der Waals surface area (Å²) in [5.41, 5.74) is 3.02. The third kappa shape index (κ3) is 14.3. The Labute approximate surface area is 240 Å². The molecule has 1 aromatic heterocycles. The Morgan fingerprint density at radius 1 is 1.26 bits per heavy atom. The van der Waals surface area contributed by atoms with E-state index in [4.69, 9.17) is 5.11 Å². The number of nitrogens with one attached hydrogen (secondary N) is 1. The van der Waals surface area contributed by atoms with Crippen molar-refractivity contribution < 1.29 is 10.2 Å². The van der Waals surface area contributed by atoms with E-state index in [1.54, 1.807) is 29.7 Å². The van der Waals surface area contributed by atoms with Crippen LogP contribution in [0.5, 0.6) is 5.75 Å². The Balaban J connectivity index is 0.000000428. The normalized spacial score (nSPS) is 14.2. The minimum atomic E-state index is 0.223. The van der Waals surface area contributed by atoms with Crippen molar-refractivity contribution in [2.75, 3.05) is 6.67 Å². The van der Waals surface area contributed by atoms with Crippen LogP contribution in [0.25, 0.3) is 11.3 Å². The van der Waals surface area contributed by atoms with Gasteiger partial charge in [0.15, 0.2) is 0 Å². The number of unbranched alkanes of at least 4 members (excludes halogenated alkanes) is 3. The van der Waals surface area contributed by atoms with Crippen molar-refractivity contribution in [1.82, 2.24) is 10.3 Å². The number of aliphatic hydroxyl groups excluding tert-OH is 1. The number of benzene rings is 1. The van der Waals surface area contributed by atoms with Crippen LogP contribution in [0.1, 0.15) is 89.4 Å². The average Bonchev–Trinajstić information content (AvgIpc) is 3.63. The number of nitrogens with zero attached hydrogens (tertiary/aromatic N) is 3. The maximum absolute atomic E-state index is 9.76. The van der Waals surface area contributed by atoms with Crippen LogP contribution in [-0.4, -0.2) is 40.3 Å². The van der Waals surface area contributed by atoms with Crippen LogP contribution in [0.2, 0.25) is 0 Å². The van der Waals surface area contributed by atoms with Gasteiger partial charge in [-0.2, -0.15) is 0 Å². The molecule has 1 aromatic carbocycles. The monoisotopic (exact) mass is 554 g/mol. The molecule has 0 amide bonds. The predicted molar refractivity (Wildman–Crippen MR) is 170 cm³/mol. The third-order valence-electron chi connectivity index (χ3n) is 6.60. The lowest BCUT2D eigenvalue weighted by Gasteiger charge is -2.27. The summed E-state index contributed by atoms with van der Waals surface area (Å²) >= 11 is 1.58. The van der Waals surface area contributed by atoms with Crippen LogP contribution in [0.3, 0.4) is 0 Å². The number of thiazole rings is 1. The standard InChI is InChI=1S/C18H20N4OS.C12H26.C2H4O/c1-12-22-17(13-4-3-5-15(23)10-13)18(24-12)16(8-9-19-2)21-11-20-14-6-7-14;1-6-7-8-9-10-11(2)12(3,4)5;1-2-3/h3-5,8-10,14,20,23H,2,6-7,11H2,1H3;11H,6-10H2,1-5H3;2-3H,1H2/b9-8-,21-16+;;. The van der Waals surface area contributed by atoms with Crippen LogP contribution in [-0.2, 0) is 0 Å². The molecule has 1 unspecified atom stereocenters. The zero-order valence-corrected chi connectivity index (χ0v) is 25.7. The van der Waals surface area contributed by atoms with E-state index in [1.165, 1.54) is 44.9 Å². The highest BCUT2D eigenvalue weighted by Crippen LogP contribution is 2.31. The van der Waals surface area contributed by atoms with Gasteiger partial charge in [-0.3, -0.25) is 15.3 Å². The molecule has 0 radical (unpaired) electrons. The second-order valence-corrected chi connectivity index (χ2v) is 12.1. The number of aryl methyl sites for hydroxylation is 1. The highest BCUT2D eigenvalue weighted by molar-refractivity contribution is 7.14. The molecule has 6 nitrogen and oxygen atoms in total. The zero-order valence-electron chi connectivity index (χ0n) is 24.9. The number of phenols is 1. The van der Waals surface area contributed by atoms with Crippen LogP contribution in [0, 0.1) is 18.3 Å². The lowest BCUT2D eigenvalue weighted by molar-refractivity contribution is 0.241. The molecule has 1 atom stereocenters. The second-order valence-electron chi connectivity index (χ2n) is 10.9. The summed E-state index contributed by atoms with van der Waals surface area (Å²) in [7, 11) is 0. The molecule has 0 aliphatic heterocycles. The summed E-state index contributed by atoms with van der Waals surface area (Å²) in [6, 6.07) is 7.72. The smallest absolute Gasteiger partial charge is 0.116 e. The van der Waals surface area contributed by atoms with E-state index in [-0.39, 0.29) is 5.75 Å². The van der Waals surface area contributed by atoms with Gasteiger partial charge in [0.1, 0.15) is 5.75 Å². The van der Waals surface area contributed by atoms with Crippen LogP contribution < -0.4 is 5.32 Å². The van der Waals surface area contributed by atoms with Gasteiger partial charge in [-0.25, -0.2) is 4.98 Å². The lowest BCUT2D eigenvalue weighted by atomic mass is 9.79. The van der Waals surface area contributed by atoms with Gasteiger partial charge in [0.25, 0.3) is 0 Å². The molecule has 1 heterocycles. The van der Waals surface area contributed by atoms with E-state index in [2.05, 4.69) is 68.2 Å². The summed E-state index contributed by atoms with van der Waals surface area (Å²) in [5.74, 6) is 1.09. The van der Waals surface area contributed by atoms with Gasteiger partial charge in [0.05, 0.1) is 34.2 Å². The Hall–Kier alpha value is -2.77. The molecule has 39 heavy (non-hydrogen) atoms. The van der Waals surface area contributed by atoms with Crippen molar-refractivity contribution in [2.24, 2.45) is 21.3 Å². The molecule has 1 saturated carbocycles. The van der Waals surface area contributed by atoms with E-state index in [0.29, 0.717) is 18.1 Å². The number of phenolic OH excluding ortho intramolecular Hbond substituents is 1. The fraction of sp³-hybridized carbons (Fsp3) is 0.531. The number of hydrogen-bond acceptors (Lipinski definition) is 7. The Bertz CT molecular complexity index is 1050. The number of aromatic hydroxyl groups is 1. The zero-order chi connectivity index (χ0) is 29.3. The van der Waals surface area contributed by atoms with E-state index >= 15 is 0 Å². The molecule has 0 saturated heterocycles. The first-order chi connectivity index (χ1) is 18.6. The minimum absolute atomic E-state index is 0.223. The highest BCUT2D eigenvalue weighted by Gasteiger charge is 2.20. The van der Waals surface area contributed by atoms with E-state index < -0.39 is 0 Å². The maximum Gasteiger partial charge on any atom is 0.116 e. The molecule has 3 N–H and O–H groups in total. The highest BCUT2D eigenvalue weighted by atomic mass is 32.1. The first kappa shape index (κ1) is 34.3. The summed E-state index contributed by atoms with van der Waals surface area (Å²) in [6.07, 6.45) is 13.7. The number of aromatic nitrogens is 1. The van der Waals surface area contributed by atoms with Crippen molar-refractivity contribution in [3.63, 3.8) is 0 Å². The van der Waals surface area contributed by atoms with Gasteiger partial charge < -0.3 is 10.2 Å². The first-order valence-electron chi connectivity index (χ1n) is 14.0. The molecule has 2 aromatic rings. The quantitative estimate of drug-likeness (QED) is 0.139. The molecule has 1 aliphatic carbocycles. The van der Waals surface area contributed by atoms with Crippen molar-refractivity contribution >= 4 is 23.8 Å². The Morgan fingerprint density at radius 2 is 1.95 bits per heavy atom. The van der Waals surface area contributed by atoms with Crippen molar-refractivity contribution in [3.8, 4) is 17.0 Å². The topological polar surface area (TPSA) is 90.1 Å². The van der Waals surface area contributed by atoms with Gasteiger partial charge in [-0.15, -0.1) is 11.3 Å². The first-order valence-corrected chi connectivity index (χ1v) is 14.8.